The maximum absolute atomic E-state index is 10.9. The Morgan fingerprint density at radius 3 is 1.86 bits per heavy atom. The molecule has 0 radical (unpaired) electrons. The van der Waals surface area contributed by atoms with Crippen LogP contribution in [0.25, 0.3) is 0 Å². The van der Waals surface area contributed by atoms with Crippen LogP contribution in [0.15, 0.2) is 0 Å². The molecule has 0 fully saturated rings. The highest BCUT2D eigenvalue weighted by Gasteiger charge is 2.15. The summed E-state index contributed by atoms with van der Waals surface area (Å²) in [6.45, 7) is 8.44. The van der Waals surface area contributed by atoms with E-state index in [4.69, 9.17) is 10.2 Å². The van der Waals surface area contributed by atoms with Gasteiger partial charge in [0.05, 0.1) is 5.92 Å². The van der Waals surface area contributed by atoms with E-state index in [2.05, 4.69) is 19.2 Å². The first-order valence-electron chi connectivity index (χ1n) is 8.14. The number of carboxylic acids is 2. The molecule has 0 bridgehead atoms. The zero-order chi connectivity index (χ0) is 16.5. The van der Waals surface area contributed by atoms with E-state index >= 15 is 0 Å². The summed E-state index contributed by atoms with van der Waals surface area (Å²) >= 11 is 0. The fourth-order valence-electron chi connectivity index (χ4n) is 1.94. The maximum atomic E-state index is 10.9. The predicted octanol–water partition coefficient (Wildman–Crippen LogP) is 3.53. The van der Waals surface area contributed by atoms with Crippen molar-refractivity contribution < 1.29 is 19.8 Å². The number of carbonyl (C=O) groups is 2. The van der Waals surface area contributed by atoms with Crippen molar-refractivity contribution in [1.29, 1.82) is 0 Å². The third kappa shape index (κ3) is 18.9. The maximum Gasteiger partial charge on any atom is 0.306 e. The molecule has 1 atom stereocenters. The molecule has 0 aromatic carbocycles. The number of unbranched alkanes of at least 4 members (excludes halogenated alkanes) is 3. The highest BCUT2D eigenvalue weighted by molar-refractivity contribution is 5.69. The SMILES string of the molecule is CCCCC(CCCCCC(=O)O)C(=O)O.CCNCC. The van der Waals surface area contributed by atoms with Crippen molar-refractivity contribution in [3.8, 4) is 0 Å². The van der Waals surface area contributed by atoms with Gasteiger partial charge in [-0.15, -0.1) is 0 Å². The van der Waals surface area contributed by atoms with Gasteiger partial charge in [0.25, 0.3) is 0 Å². The van der Waals surface area contributed by atoms with Crippen LogP contribution < -0.4 is 5.32 Å². The average Bonchev–Trinajstić information content (AvgIpc) is 2.42. The number of aliphatic carboxylic acids is 2. The van der Waals surface area contributed by atoms with Crippen molar-refractivity contribution in [2.45, 2.75) is 72.1 Å². The smallest absolute Gasteiger partial charge is 0.306 e. The second kappa shape index (κ2) is 17.0. The van der Waals surface area contributed by atoms with Gasteiger partial charge in [0.2, 0.25) is 0 Å². The molecule has 1 unspecified atom stereocenters. The predicted molar refractivity (Wildman–Crippen MR) is 85.6 cm³/mol. The van der Waals surface area contributed by atoms with E-state index in [1.807, 2.05) is 6.92 Å². The quantitative estimate of drug-likeness (QED) is 0.480. The Kier molecular flexibility index (Phi) is 17.9. The summed E-state index contributed by atoms with van der Waals surface area (Å²) in [6, 6.07) is 0. The Hall–Kier alpha value is -1.10. The zero-order valence-corrected chi connectivity index (χ0v) is 13.9. The standard InChI is InChI=1S/C12H22O4.C4H11N/c1-2-3-7-10(12(15)16)8-5-4-6-9-11(13)14;1-3-5-4-2/h10H,2-9H2,1H3,(H,13,14)(H,15,16);5H,3-4H2,1-2H3. The van der Waals surface area contributed by atoms with Crippen LogP contribution in [0.1, 0.15) is 72.1 Å². The summed E-state index contributed by atoms with van der Waals surface area (Å²) in [7, 11) is 0. The van der Waals surface area contributed by atoms with Crippen LogP contribution in [-0.2, 0) is 9.59 Å². The van der Waals surface area contributed by atoms with Crippen LogP contribution in [0.3, 0.4) is 0 Å². The average molecular weight is 303 g/mol. The lowest BCUT2D eigenvalue weighted by Crippen LogP contribution is -2.13. The molecule has 0 aliphatic rings. The molecule has 0 saturated heterocycles. The van der Waals surface area contributed by atoms with Crippen molar-refractivity contribution >= 4 is 11.9 Å². The second-order valence-electron chi connectivity index (χ2n) is 5.13. The van der Waals surface area contributed by atoms with E-state index in [0.717, 1.165) is 45.2 Å². The first-order chi connectivity index (χ1) is 9.99. The largest absolute Gasteiger partial charge is 0.481 e. The lowest BCUT2D eigenvalue weighted by Gasteiger charge is -2.10. The van der Waals surface area contributed by atoms with Crippen LogP contribution in [0.2, 0.25) is 0 Å². The molecule has 0 aromatic rings. The minimum Gasteiger partial charge on any atom is -0.481 e. The monoisotopic (exact) mass is 303 g/mol. The summed E-state index contributed by atoms with van der Waals surface area (Å²) in [4.78, 5) is 21.1. The second-order valence-corrected chi connectivity index (χ2v) is 5.13. The van der Waals surface area contributed by atoms with Crippen LogP contribution >= 0.6 is 0 Å². The summed E-state index contributed by atoms with van der Waals surface area (Å²) in [6.07, 6.45) is 5.84. The number of hydrogen-bond acceptors (Lipinski definition) is 3. The van der Waals surface area contributed by atoms with Gasteiger partial charge < -0.3 is 15.5 Å². The Morgan fingerprint density at radius 1 is 0.905 bits per heavy atom. The van der Waals surface area contributed by atoms with Gasteiger partial charge in [0.1, 0.15) is 0 Å². The van der Waals surface area contributed by atoms with Gasteiger partial charge >= 0.3 is 11.9 Å². The molecule has 0 saturated carbocycles. The fourth-order valence-corrected chi connectivity index (χ4v) is 1.94. The van der Waals surface area contributed by atoms with Crippen molar-refractivity contribution in [2.24, 2.45) is 5.92 Å². The zero-order valence-electron chi connectivity index (χ0n) is 13.9. The first-order valence-corrected chi connectivity index (χ1v) is 8.14. The Bertz CT molecular complexity index is 255. The van der Waals surface area contributed by atoms with E-state index in [9.17, 15) is 9.59 Å². The number of carboxylic acid groups (broad SMARTS) is 2. The van der Waals surface area contributed by atoms with Gasteiger partial charge in [-0.25, -0.2) is 0 Å². The third-order valence-electron chi connectivity index (χ3n) is 3.20. The molecule has 0 heterocycles. The van der Waals surface area contributed by atoms with Gasteiger partial charge in [0.15, 0.2) is 0 Å². The van der Waals surface area contributed by atoms with Crippen molar-refractivity contribution in [1.82, 2.24) is 5.32 Å². The minimum atomic E-state index is -0.777. The minimum absolute atomic E-state index is 0.187. The van der Waals surface area contributed by atoms with E-state index < -0.39 is 11.9 Å². The van der Waals surface area contributed by atoms with E-state index in [0.29, 0.717) is 12.8 Å². The van der Waals surface area contributed by atoms with Crippen molar-refractivity contribution in [3.05, 3.63) is 0 Å². The summed E-state index contributed by atoms with van der Waals surface area (Å²) in [5.74, 6) is -1.74. The summed E-state index contributed by atoms with van der Waals surface area (Å²) in [5.41, 5.74) is 0. The molecule has 0 spiro atoms. The first kappa shape index (κ1) is 22.2. The molecule has 0 amide bonds. The van der Waals surface area contributed by atoms with Crippen LogP contribution in [0, 0.1) is 5.92 Å². The number of rotatable bonds is 12. The molecule has 5 nitrogen and oxygen atoms in total. The third-order valence-corrected chi connectivity index (χ3v) is 3.20. The molecular weight excluding hydrogens is 270 g/mol. The van der Waals surface area contributed by atoms with Gasteiger partial charge in [0, 0.05) is 6.42 Å². The Morgan fingerprint density at radius 2 is 1.48 bits per heavy atom. The van der Waals surface area contributed by atoms with Gasteiger partial charge in [-0.1, -0.05) is 46.5 Å². The molecule has 21 heavy (non-hydrogen) atoms. The van der Waals surface area contributed by atoms with Crippen molar-refractivity contribution in [3.63, 3.8) is 0 Å². The Balaban J connectivity index is 0. The molecule has 0 aliphatic carbocycles. The lowest BCUT2D eigenvalue weighted by molar-refractivity contribution is -0.142. The normalized spacial score (nSPS) is 11.4. The fraction of sp³-hybridized carbons (Fsp3) is 0.875. The van der Waals surface area contributed by atoms with Crippen LogP contribution in [0.4, 0.5) is 0 Å². The van der Waals surface area contributed by atoms with E-state index in [1.54, 1.807) is 0 Å². The lowest BCUT2D eigenvalue weighted by atomic mass is 9.95. The Labute approximate surface area is 129 Å². The van der Waals surface area contributed by atoms with Crippen LogP contribution in [-0.4, -0.2) is 35.2 Å². The van der Waals surface area contributed by atoms with Gasteiger partial charge in [-0.2, -0.15) is 0 Å². The highest BCUT2D eigenvalue weighted by Crippen LogP contribution is 2.17. The molecule has 0 aromatic heterocycles. The number of nitrogens with one attached hydrogen (secondary N) is 1. The van der Waals surface area contributed by atoms with E-state index in [1.165, 1.54) is 0 Å². The van der Waals surface area contributed by atoms with Gasteiger partial charge in [-0.3, -0.25) is 9.59 Å². The molecular formula is C16H33NO4. The molecule has 3 N–H and O–H groups in total. The molecule has 126 valence electrons. The molecule has 0 rings (SSSR count). The topological polar surface area (TPSA) is 86.6 Å². The number of hydrogen-bond donors (Lipinski definition) is 3. The summed E-state index contributed by atoms with van der Waals surface area (Å²) < 4.78 is 0. The van der Waals surface area contributed by atoms with Gasteiger partial charge in [-0.05, 0) is 32.4 Å². The van der Waals surface area contributed by atoms with E-state index in [-0.39, 0.29) is 12.3 Å². The van der Waals surface area contributed by atoms with Crippen LogP contribution in [0.5, 0.6) is 0 Å². The highest BCUT2D eigenvalue weighted by atomic mass is 16.4. The summed E-state index contributed by atoms with van der Waals surface area (Å²) in [5, 5.41) is 20.5. The van der Waals surface area contributed by atoms with Crippen molar-refractivity contribution in [2.75, 3.05) is 13.1 Å². The molecule has 5 heteroatoms. The molecule has 0 aliphatic heterocycles.